The molecule has 1 saturated carbocycles. The molecule has 0 N–H and O–H groups in total. The van der Waals surface area contributed by atoms with Crippen LogP contribution in [0.5, 0.6) is 0 Å². The lowest BCUT2D eigenvalue weighted by atomic mass is 10.3. The van der Waals surface area contributed by atoms with E-state index in [1.807, 2.05) is 27.7 Å². The molecule has 0 atom stereocenters. The van der Waals surface area contributed by atoms with E-state index in [0.717, 1.165) is 19.1 Å². The van der Waals surface area contributed by atoms with Gasteiger partial charge in [0.15, 0.2) is 0 Å². The maximum Gasteiger partial charge on any atom is 0.0809 e. The number of nitrogens with zero attached hydrogens (tertiary/aromatic N) is 3. The smallest absolute Gasteiger partial charge is 0.0809 e. The molecule has 92 valence electrons. The maximum atomic E-state index is 4.58. The summed E-state index contributed by atoms with van der Waals surface area (Å²) in [5.74, 6) is 0. The summed E-state index contributed by atoms with van der Waals surface area (Å²) in [4.78, 5) is 2.30. The molecular weight excluding hydrogens is 198 g/mol. The first-order valence-corrected chi connectivity index (χ1v) is 6.58. The fourth-order valence-corrected chi connectivity index (χ4v) is 1.86. The molecule has 1 aliphatic heterocycles. The third-order valence-corrected chi connectivity index (χ3v) is 2.68. The van der Waals surface area contributed by atoms with Gasteiger partial charge in [0.1, 0.15) is 0 Å². The topological polar surface area (TPSA) is 21.1 Å². The van der Waals surface area contributed by atoms with Crippen LogP contribution in [0.1, 0.15) is 57.8 Å². The van der Waals surface area contributed by atoms with Gasteiger partial charge in [0.25, 0.3) is 0 Å². The summed E-state index contributed by atoms with van der Waals surface area (Å²) in [5.41, 5.74) is 2.73. The lowest BCUT2D eigenvalue weighted by molar-refractivity contribution is 0.345. The highest BCUT2D eigenvalue weighted by molar-refractivity contribution is 5.21. The second-order valence-electron chi connectivity index (χ2n) is 3.98. The van der Waals surface area contributed by atoms with E-state index in [1.165, 1.54) is 24.1 Å². The predicted octanol–water partition coefficient (Wildman–Crippen LogP) is 3.22. The minimum atomic E-state index is 0.737. The highest BCUT2D eigenvalue weighted by Gasteiger charge is 2.27. The van der Waals surface area contributed by atoms with Crippen molar-refractivity contribution in [1.82, 2.24) is 14.7 Å². The van der Waals surface area contributed by atoms with Crippen molar-refractivity contribution in [2.24, 2.45) is 0 Å². The molecule has 1 aliphatic carbocycles. The molecule has 3 rings (SSSR count). The van der Waals surface area contributed by atoms with Gasteiger partial charge in [-0.2, -0.15) is 5.10 Å². The molecule has 0 saturated heterocycles. The van der Waals surface area contributed by atoms with Gasteiger partial charge in [-0.25, -0.2) is 0 Å². The van der Waals surface area contributed by atoms with Crippen LogP contribution in [-0.2, 0) is 13.1 Å². The van der Waals surface area contributed by atoms with Gasteiger partial charge in [-0.15, -0.1) is 0 Å². The SMILES string of the molecule is CC.CC.CN1Cc2cn(C3CC3)nc2C1. The van der Waals surface area contributed by atoms with Gasteiger partial charge in [0, 0.05) is 24.8 Å². The first kappa shape index (κ1) is 13.2. The van der Waals surface area contributed by atoms with Crippen molar-refractivity contribution in [3.05, 3.63) is 17.5 Å². The van der Waals surface area contributed by atoms with Crippen LogP contribution >= 0.6 is 0 Å². The molecule has 0 spiro atoms. The second kappa shape index (κ2) is 6.04. The van der Waals surface area contributed by atoms with Crippen LogP contribution < -0.4 is 0 Å². The Bertz CT molecular complexity index is 289. The van der Waals surface area contributed by atoms with E-state index in [9.17, 15) is 0 Å². The van der Waals surface area contributed by atoms with Crippen LogP contribution in [0.4, 0.5) is 0 Å². The molecule has 0 aromatic carbocycles. The summed E-state index contributed by atoms with van der Waals surface area (Å²) in [6.07, 6.45) is 4.89. The quantitative estimate of drug-likeness (QED) is 0.729. The number of aromatic nitrogens is 2. The molecule has 2 aliphatic rings. The highest BCUT2D eigenvalue weighted by atomic mass is 15.3. The molecule has 2 heterocycles. The number of rotatable bonds is 1. The Kier molecular flexibility index (Phi) is 5.00. The molecule has 16 heavy (non-hydrogen) atoms. The lowest BCUT2D eigenvalue weighted by Crippen LogP contribution is -2.10. The zero-order valence-electron chi connectivity index (χ0n) is 11.3. The largest absolute Gasteiger partial charge is 0.296 e. The van der Waals surface area contributed by atoms with Crippen LogP contribution in [0.2, 0.25) is 0 Å². The van der Waals surface area contributed by atoms with Gasteiger partial charge < -0.3 is 0 Å². The van der Waals surface area contributed by atoms with Gasteiger partial charge in [-0.1, -0.05) is 27.7 Å². The van der Waals surface area contributed by atoms with Crippen molar-refractivity contribution in [2.45, 2.75) is 59.7 Å². The summed E-state index contributed by atoms with van der Waals surface area (Å²) < 4.78 is 2.16. The average Bonchev–Trinajstić information content (AvgIpc) is 3.01. The van der Waals surface area contributed by atoms with Crippen molar-refractivity contribution >= 4 is 0 Å². The van der Waals surface area contributed by atoms with E-state index in [1.54, 1.807) is 0 Å². The summed E-state index contributed by atoms with van der Waals surface area (Å²) in [6, 6.07) is 0.737. The third-order valence-electron chi connectivity index (χ3n) is 2.68. The summed E-state index contributed by atoms with van der Waals surface area (Å²) in [6.45, 7) is 10.1. The van der Waals surface area contributed by atoms with E-state index in [2.05, 4.69) is 27.9 Å². The Hall–Kier alpha value is -0.830. The Labute approximate surface area is 99.4 Å². The molecule has 1 aromatic rings. The van der Waals surface area contributed by atoms with Gasteiger partial charge >= 0.3 is 0 Å². The van der Waals surface area contributed by atoms with Gasteiger partial charge in [-0.3, -0.25) is 9.58 Å². The molecule has 0 radical (unpaired) electrons. The molecule has 0 bridgehead atoms. The first-order valence-electron chi connectivity index (χ1n) is 6.58. The van der Waals surface area contributed by atoms with E-state index in [0.29, 0.717) is 0 Å². The van der Waals surface area contributed by atoms with Gasteiger partial charge in [-0.05, 0) is 19.9 Å². The van der Waals surface area contributed by atoms with Crippen LogP contribution in [0.3, 0.4) is 0 Å². The van der Waals surface area contributed by atoms with E-state index >= 15 is 0 Å². The van der Waals surface area contributed by atoms with Crippen molar-refractivity contribution in [3.63, 3.8) is 0 Å². The van der Waals surface area contributed by atoms with Crippen LogP contribution in [0, 0.1) is 0 Å². The van der Waals surface area contributed by atoms with Gasteiger partial charge in [0.05, 0.1) is 11.7 Å². The van der Waals surface area contributed by atoms with Gasteiger partial charge in [0.2, 0.25) is 0 Å². The summed E-state index contributed by atoms with van der Waals surface area (Å²) in [5, 5.41) is 4.58. The average molecular weight is 223 g/mol. The lowest BCUT2D eigenvalue weighted by Gasteiger charge is -2.05. The van der Waals surface area contributed by atoms with Crippen molar-refractivity contribution in [1.29, 1.82) is 0 Å². The molecular formula is C13H25N3. The van der Waals surface area contributed by atoms with Crippen molar-refractivity contribution in [2.75, 3.05) is 7.05 Å². The minimum absolute atomic E-state index is 0.737. The normalized spacial score (nSPS) is 18.1. The number of fused-ring (bicyclic) bond motifs is 1. The van der Waals surface area contributed by atoms with Crippen LogP contribution in [-0.4, -0.2) is 21.7 Å². The summed E-state index contributed by atoms with van der Waals surface area (Å²) in [7, 11) is 2.14. The fourth-order valence-electron chi connectivity index (χ4n) is 1.86. The van der Waals surface area contributed by atoms with E-state index in [-0.39, 0.29) is 0 Å². The van der Waals surface area contributed by atoms with E-state index in [4.69, 9.17) is 0 Å². The summed E-state index contributed by atoms with van der Waals surface area (Å²) >= 11 is 0. The monoisotopic (exact) mass is 223 g/mol. The Morgan fingerprint density at radius 2 is 1.75 bits per heavy atom. The second-order valence-corrected chi connectivity index (χ2v) is 3.98. The van der Waals surface area contributed by atoms with Crippen LogP contribution in [0.25, 0.3) is 0 Å². The Balaban J connectivity index is 0.000000291. The Morgan fingerprint density at radius 3 is 2.25 bits per heavy atom. The standard InChI is InChI=1S/C9H13N3.2C2H6/c1-11-4-7-5-12(8-2-3-8)10-9(7)6-11;2*1-2/h5,8H,2-4,6H2,1H3;2*1-2H3. The predicted molar refractivity (Wildman–Crippen MR) is 68.4 cm³/mol. The zero-order chi connectivity index (χ0) is 12.1. The maximum absolute atomic E-state index is 4.58. The Morgan fingerprint density at radius 1 is 1.12 bits per heavy atom. The van der Waals surface area contributed by atoms with E-state index < -0.39 is 0 Å². The molecule has 1 aromatic heterocycles. The first-order chi connectivity index (χ1) is 7.83. The minimum Gasteiger partial charge on any atom is -0.296 e. The fraction of sp³-hybridized carbons (Fsp3) is 0.769. The van der Waals surface area contributed by atoms with Crippen molar-refractivity contribution in [3.8, 4) is 0 Å². The zero-order valence-corrected chi connectivity index (χ0v) is 11.3. The molecule has 3 heteroatoms. The van der Waals surface area contributed by atoms with Crippen molar-refractivity contribution < 1.29 is 0 Å². The molecule has 0 unspecified atom stereocenters. The van der Waals surface area contributed by atoms with Crippen LogP contribution in [0.15, 0.2) is 6.20 Å². The number of hydrogen-bond donors (Lipinski definition) is 0. The molecule has 3 nitrogen and oxygen atoms in total. The third kappa shape index (κ3) is 2.85. The highest BCUT2D eigenvalue weighted by Crippen LogP contribution is 2.35. The molecule has 0 amide bonds. The molecule has 1 fully saturated rings. The number of hydrogen-bond acceptors (Lipinski definition) is 2.